The lowest BCUT2D eigenvalue weighted by atomic mass is 10.1. The Hall–Kier alpha value is -3.02. The highest BCUT2D eigenvalue weighted by Crippen LogP contribution is 2.25. The number of amides is 1. The van der Waals surface area contributed by atoms with Crippen LogP contribution in [0.2, 0.25) is 0 Å². The van der Waals surface area contributed by atoms with Crippen LogP contribution in [0.25, 0.3) is 0 Å². The Bertz CT molecular complexity index is 757. The average Bonchev–Trinajstić information content (AvgIpc) is 2.57. The van der Waals surface area contributed by atoms with E-state index in [1.54, 1.807) is 12.1 Å². The van der Waals surface area contributed by atoms with Crippen molar-refractivity contribution in [3.8, 4) is 17.2 Å². The van der Waals surface area contributed by atoms with Crippen LogP contribution in [0.5, 0.6) is 17.2 Å². The second-order valence-corrected chi connectivity index (χ2v) is 5.26. The van der Waals surface area contributed by atoms with Crippen LogP contribution >= 0.6 is 0 Å². The molecule has 0 fully saturated rings. The zero-order chi connectivity index (χ0) is 17.5. The molecule has 0 bridgehead atoms. The molecule has 0 aromatic heterocycles. The van der Waals surface area contributed by atoms with E-state index in [0.717, 1.165) is 5.56 Å². The molecule has 0 aliphatic carbocycles. The van der Waals surface area contributed by atoms with Crippen LogP contribution in [0.4, 0.5) is 0 Å². The third kappa shape index (κ3) is 4.74. The maximum absolute atomic E-state index is 11.7. The van der Waals surface area contributed by atoms with E-state index in [-0.39, 0.29) is 18.3 Å². The summed E-state index contributed by atoms with van der Waals surface area (Å²) < 4.78 is 10.4. The first-order chi connectivity index (χ1) is 11.5. The molecule has 6 heteroatoms. The Labute approximate surface area is 140 Å². The van der Waals surface area contributed by atoms with E-state index in [1.807, 2.05) is 32.0 Å². The topological polar surface area (TPSA) is 80.2 Å². The predicted molar refractivity (Wildman–Crippen MR) is 91.8 cm³/mol. The lowest BCUT2D eigenvalue weighted by Crippen LogP contribution is -2.24. The molecule has 0 aliphatic rings. The number of hydrogen-bond acceptors (Lipinski definition) is 5. The molecule has 24 heavy (non-hydrogen) atoms. The van der Waals surface area contributed by atoms with Gasteiger partial charge in [0.05, 0.1) is 13.3 Å². The van der Waals surface area contributed by atoms with Gasteiger partial charge < -0.3 is 14.6 Å². The van der Waals surface area contributed by atoms with E-state index in [4.69, 9.17) is 9.47 Å². The second kappa shape index (κ2) is 8.01. The number of rotatable bonds is 6. The number of methoxy groups -OCH3 is 1. The normalized spacial score (nSPS) is 10.6. The maximum Gasteiger partial charge on any atom is 0.277 e. The van der Waals surface area contributed by atoms with Crippen molar-refractivity contribution in [1.82, 2.24) is 5.43 Å². The minimum absolute atomic E-state index is 0.0421. The number of carbonyl (C=O) groups excluding carboxylic acids is 1. The fourth-order valence-electron chi connectivity index (χ4n) is 1.94. The summed E-state index contributed by atoms with van der Waals surface area (Å²) in [5.41, 5.74) is 5.33. The molecule has 0 saturated carbocycles. The van der Waals surface area contributed by atoms with Gasteiger partial charge in [-0.25, -0.2) is 5.43 Å². The Morgan fingerprint density at radius 1 is 1.21 bits per heavy atom. The number of nitrogens with zero attached hydrogens (tertiary/aromatic N) is 1. The molecular formula is C18H20N2O4. The molecule has 0 saturated heterocycles. The Morgan fingerprint density at radius 3 is 2.71 bits per heavy atom. The zero-order valence-electron chi connectivity index (χ0n) is 13.9. The molecule has 0 spiro atoms. The maximum atomic E-state index is 11.7. The van der Waals surface area contributed by atoms with Crippen LogP contribution in [-0.2, 0) is 4.79 Å². The molecular weight excluding hydrogens is 308 g/mol. The SMILES string of the molecule is COc1cc(C=NNC(=O)COc2ccc(C)c(C)c2)ccc1O. The van der Waals surface area contributed by atoms with E-state index in [1.165, 1.54) is 25.0 Å². The number of phenolic OH excluding ortho intramolecular Hbond substituents is 1. The first kappa shape index (κ1) is 17.3. The second-order valence-electron chi connectivity index (χ2n) is 5.26. The van der Waals surface area contributed by atoms with Gasteiger partial charge in [-0.05, 0) is 60.9 Å². The fourth-order valence-corrected chi connectivity index (χ4v) is 1.94. The summed E-state index contributed by atoms with van der Waals surface area (Å²) in [6, 6.07) is 10.4. The zero-order valence-corrected chi connectivity index (χ0v) is 13.9. The van der Waals surface area contributed by atoms with Gasteiger partial charge in [0, 0.05) is 0 Å². The molecule has 126 valence electrons. The van der Waals surface area contributed by atoms with Gasteiger partial charge in [-0.2, -0.15) is 5.10 Å². The molecule has 1 amide bonds. The summed E-state index contributed by atoms with van der Waals surface area (Å²) in [6.45, 7) is 3.87. The van der Waals surface area contributed by atoms with Crippen LogP contribution in [0.15, 0.2) is 41.5 Å². The number of carbonyl (C=O) groups is 1. The van der Waals surface area contributed by atoms with E-state index in [2.05, 4.69) is 10.5 Å². The Balaban J connectivity index is 1.85. The monoisotopic (exact) mass is 328 g/mol. The van der Waals surface area contributed by atoms with Crippen LogP contribution in [0.3, 0.4) is 0 Å². The number of ether oxygens (including phenoxy) is 2. The van der Waals surface area contributed by atoms with E-state index < -0.39 is 0 Å². The summed E-state index contributed by atoms with van der Waals surface area (Å²) >= 11 is 0. The first-order valence-electron chi connectivity index (χ1n) is 7.38. The Morgan fingerprint density at radius 2 is 2.00 bits per heavy atom. The van der Waals surface area contributed by atoms with E-state index in [9.17, 15) is 9.90 Å². The molecule has 2 aromatic rings. The lowest BCUT2D eigenvalue weighted by molar-refractivity contribution is -0.123. The fraction of sp³-hybridized carbons (Fsp3) is 0.222. The van der Waals surface area contributed by atoms with Crippen molar-refractivity contribution < 1.29 is 19.4 Å². The molecule has 2 aromatic carbocycles. The summed E-state index contributed by atoms with van der Waals surface area (Å²) in [7, 11) is 1.46. The van der Waals surface area contributed by atoms with Crippen molar-refractivity contribution in [2.24, 2.45) is 5.10 Å². The summed E-state index contributed by atoms with van der Waals surface area (Å²) in [5.74, 6) is 0.652. The summed E-state index contributed by atoms with van der Waals surface area (Å²) in [4.78, 5) is 11.7. The van der Waals surface area contributed by atoms with Gasteiger partial charge in [-0.15, -0.1) is 0 Å². The van der Waals surface area contributed by atoms with Gasteiger partial charge in [0.25, 0.3) is 5.91 Å². The molecule has 0 radical (unpaired) electrons. The van der Waals surface area contributed by atoms with Crippen LogP contribution in [-0.4, -0.2) is 30.9 Å². The van der Waals surface area contributed by atoms with Gasteiger partial charge >= 0.3 is 0 Å². The van der Waals surface area contributed by atoms with Gasteiger partial charge in [-0.1, -0.05) is 6.07 Å². The van der Waals surface area contributed by atoms with Crippen molar-refractivity contribution in [3.05, 3.63) is 53.1 Å². The third-order valence-corrected chi connectivity index (χ3v) is 3.45. The van der Waals surface area contributed by atoms with Crippen LogP contribution < -0.4 is 14.9 Å². The number of aryl methyl sites for hydroxylation is 2. The number of aromatic hydroxyl groups is 1. The van der Waals surface area contributed by atoms with E-state index in [0.29, 0.717) is 17.1 Å². The van der Waals surface area contributed by atoms with E-state index >= 15 is 0 Å². The number of benzene rings is 2. The third-order valence-electron chi connectivity index (χ3n) is 3.45. The minimum Gasteiger partial charge on any atom is -0.504 e. The highest BCUT2D eigenvalue weighted by Gasteiger charge is 2.03. The van der Waals surface area contributed by atoms with Crippen molar-refractivity contribution in [2.45, 2.75) is 13.8 Å². The standard InChI is InChI=1S/C18H20N2O4/c1-12-4-6-15(8-13(12)2)24-11-18(22)20-19-10-14-5-7-16(21)17(9-14)23-3/h4-10,21H,11H2,1-3H3,(H,20,22). The smallest absolute Gasteiger partial charge is 0.277 e. The van der Waals surface area contributed by atoms with Crippen LogP contribution in [0.1, 0.15) is 16.7 Å². The van der Waals surface area contributed by atoms with Crippen LogP contribution in [0, 0.1) is 13.8 Å². The number of phenols is 1. The quantitative estimate of drug-likeness (QED) is 0.631. The molecule has 0 atom stereocenters. The lowest BCUT2D eigenvalue weighted by Gasteiger charge is -2.07. The molecule has 2 rings (SSSR count). The highest BCUT2D eigenvalue weighted by atomic mass is 16.5. The first-order valence-corrected chi connectivity index (χ1v) is 7.38. The number of nitrogens with one attached hydrogen (secondary N) is 1. The largest absolute Gasteiger partial charge is 0.504 e. The van der Waals surface area contributed by atoms with Crippen molar-refractivity contribution >= 4 is 12.1 Å². The number of hydrazone groups is 1. The minimum atomic E-state index is -0.366. The van der Waals surface area contributed by atoms with Gasteiger partial charge in [0.2, 0.25) is 0 Å². The van der Waals surface area contributed by atoms with Crippen molar-refractivity contribution in [2.75, 3.05) is 13.7 Å². The Kier molecular flexibility index (Phi) is 5.78. The summed E-state index contributed by atoms with van der Waals surface area (Å²) in [5, 5.41) is 13.4. The molecule has 2 N–H and O–H groups in total. The molecule has 0 aliphatic heterocycles. The van der Waals surface area contributed by atoms with Crippen molar-refractivity contribution in [3.63, 3.8) is 0 Å². The summed E-state index contributed by atoms with van der Waals surface area (Å²) in [6.07, 6.45) is 1.45. The molecule has 6 nitrogen and oxygen atoms in total. The number of hydrogen-bond donors (Lipinski definition) is 2. The highest BCUT2D eigenvalue weighted by molar-refractivity contribution is 5.83. The molecule has 0 unspecified atom stereocenters. The predicted octanol–water partition coefficient (Wildman–Crippen LogP) is 2.55. The van der Waals surface area contributed by atoms with Gasteiger partial charge in [0.15, 0.2) is 18.1 Å². The van der Waals surface area contributed by atoms with Gasteiger partial charge in [0.1, 0.15) is 5.75 Å². The average molecular weight is 328 g/mol. The van der Waals surface area contributed by atoms with Gasteiger partial charge in [-0.3, -0.25) is 4.79 Å². The van der Waals surface area contributed by atoms with Crippen molar-refractivity contribution in [1.29, 1.82) is 0 Å². The molecule has 0 heterocycles.